The Hall–Kier alpha value is -0.660. The van der Waals surface area contributed by atoms with E-state index in [1.54, 1.807) is 6.92 Å². The number of carbonyl (C=O) groups is 1. The van der Waals surface area contributed by atoms with Crippen LogP contribution in [0.1, 0.15) is 26.7 Å². The molecule has 0 saturated carbocycles. The molecule has 1 fully saturated rings. The number of sulfonamides is 1. The van der Waals surface area contributed by atoms with Gasteiger partial charge in [-0.15, -0.1) is 0 Å². The summed E-state index contributed by atoms with van der Waals surface area (Å²) in [5.74, 6) is -1.25. The summed E-state index contributed by atoms with van der Waals surface area (Å²) in [4.78, 5) is 11.0. The normalized spacial score (nSPS) is 23.1. The molecule has 0 amide bonds. The molecule has 1 aliphatic rings. The second-order valence-electron chi connectivity index (χ2n) is 4.65. The third-order valence-corrected chi connectivity index (χ3v) is 5.09. The largest absolute Gasteiger partial charge is 0.480 e. The molecule has 1 unspecified atom stereocenters. The van der Waals surface area contributed by atoms with Crippen LogP contribution < -0.4 is 0 Å². The Labute approximate surface area is 108 Å². The Kier molecular flexibility index (Phi) is 5.55. The molecule has 7 heteroatoms. The lowest BCUT2D eigenvalue weighted by atomic mass is 10.2. The summed E-state index contributed by atoms with van der Waals surface area (Å²) >= 11 is 0. The van der Waals surface area contributed by atoms with E-state index in [2.05, 4.69) is 0 Å². The quantitative estimate of drug-likeness (QED) is 0.735. The molecule has 0 aromatic rings. The lowest BCUT2D eigenvalue weighted by Gasteiger charge is -2.22. The topological polar surface area (TPSA) is 83.9 Å². The zero-order valence-electron chi connectivity index (χ0n) is 10.8. The molecule has 0 bridgehead atoms. The van der Waals surface area contributed by atoms with Crippen molar-refractivity contribution in [1.29, 1.82) is 0 Å². The molecule has 18 heavy (non-hydrogen) atoms. The molecular weight excluding hydrogens is 258 g/mol. The number of carboxylic acids is 1. The van der Waals surface area contributed by atoms with Crippen LogP contribution in [0.5, 0.6) is 0 Å². The summed E-state index contributed by atoms with van der Waals surface area (Å²) in [6.07, 6.45) is 1.00. The van der Waals surface area contributed by atoms with Gasteiger partial charge in [-0.2, -0.15) is 4.31 Å². The van der Waals surface area contributed by atoms with Gasteiger partial charge in [0, 0.05) is 13.2 Å². The molecule has 1 heterocycles. The SMILES string of the molecule is CCOCC(C)CS(=O)(=O)N1CCC[C@H]1C(=O)O. The number of rotatable bonds is 7. The Balaban J connectivity index is 2.65. The highest BCUT2D eigenvalue weighted by Gasteiger charge is 2.38. The van der Waals surface area contributed by atoms with E-state index in [9.17, 15) is 13.2 Å². The van der Waals surface area contributed by atoms with Crippen molar-refractivity contribution in [2.45, 2.75) is 32.7 Å². The minimum Gasteiger partial charge on any atom is -0.480 e. The minimum atomic E-state index is -3.51. The monoisotopic (exact) mass is 279 g/mol. The van der Waals surface area contributed by atoms with E-state index in [4.69, 9.17) is 9.84 Å². The number of carboxylic acid groups (broad SMARTS) is 1. The van der Waals surface area contributed by atoms with E-state index in [1.165, 1.54) is 0 Å². The number of ether oxygens (including phenoxy) is 1. The van der Waals surface area contributed by atoms with Gasteiger partial charge in [0.1, 0.15) is 6.04 Å². The lowest BCUT2D eigenvalue weighted by molar-refractivity contribution is -0.140. The number of nitrogens with zero attached hydrogens (tertiary/aromatic N) is 1. The van der Waals surface area contributed by atoms with E-state index in [0.717, 1.165) is 4.31 Å². The second kappa shape index (κ2) is 6.49. The molecule has 1 N–H and O–H groups in total. The molecule has 0 aromatic heterocycles. The van der Waals surface area contributed by atoms with Crippen LogP contribution in [-0.2, 0) is 19.6 Å². The average Bonchev–Trinajstić information content (AvgIpc) is 2.75. The number of hydrogen-bond donors (Lipinski definition) is 1. The fraction of sp³-hybridized carbons (Fsp3) is 0.909. The zero-order valence-corrected chi connectivity index (χ0v) is 11.6. The fourth-order valence-corrected chi connectivity index (χ4v) is 4.14. The van der Waals surface area contributed by atoms with Crippen molar-refractivity contribution in [2.75, 3.05) is 25.5 Å². The molecule has 1 rings (SSSR count). The number of hydrogen-bond acceptors (Lipinski definition) is 4. The summed E-state index contributed by atoms with van der Waals surface area (Å²) in [5.41, 5.74) is 0. The van der Waals surface area contributed by atoms with Crippen LogP contribution in [0.4, 0.5) is 0 Å². The summed E-state index contributed by atoms with van der Waals surface area (Å²) in [5, 5.41) is 8.99. The van der Waals surface area contributed by atoms with Gasteiger partial charge < -0.3 is 9.84 Å². The first-order valence-corrected chi connectivity index (χ1v) is 7.79. The van der Waals surface area contributed by atoms with Gasteiger partial charge in [-0.05, 0) is 25.7 Å². The van der Waals surface area contributed by atoms with E-state index in [1.807, 2.05) is 6.92 Å². The van der Waals surface area contributed by atoms with Gasteiger partial charge in [0.15, 0.2) is 0 Å². The Morgan fingerprint density at radius 1 is 1.56 bits per heavy atom. The highest BCUT2D eigenvalue weighted by Crippen LogP contribution is 2.22. The maximum absolute atomic E-state index is 12.1. The van der Waals surface area contributed by atoms with E-state index in [0.29, 0.717) is 32.6 Å². The van der Waals surface area contributed by atoms with Crippen LogP contribution in [-0.4, -0.2) is 55.4 Å². The predicted octanol–water partition coefficient (Wildman–Crippen LogP) is 0.538. The molecule has 106 valence electrons. The summed E-state index contributed by atoms with van der Waals surface area (Å²) < 4.78 is 30.6. The second-order valence-corrected chi connectivity index (χ2v) is 6.62. The molecular formula is C11H21NO5S. The Morgan fingerprint density at radius 3 is 2.78 bits per heavy atom. The van der Waals surface area contributed by atoms with Crippen LogP contribution >= 0.6 is 0 Å². The molecule has 6 nitrogen and oxygen atoms in total. The molecule has 0 radical (unpaired) electrons. The average molecular weight is 279 g/mol. The first-order chi connectivity index (χ1) is 8.38. The van der Waals surface area contributed by atoms with Crippen molar-refractivity contribution in [1.82, 2.24) is 4.31 Å². The third-order valence-electron chi connectivity index (χ3n) is 2.95. The minimum absolute atomic E-state index is 0.0587. The lowest BCUT2D eigenvalue weighted by Crippen LogP contribution is -2.42. The van der Waals surface area contributed by atoms with Gasteiger partial charge >= 0.3 is 5.97 Å². The zero-order chi connectivity index (χ0) is 13.8. The fourth-order valence-electron chi connectivity index (χ4n) is 2.14. The van der Waals surface area contributed by atoms with Crippen LogP contribution in [0.15, 0.2) is 0 Å². The third kappa shape index (κ3) is 3.93. The van der Waals surface area contributed by atoms with Gasteiger partial charge in [0.05, 0.1) is 12.4 Å². The van der Waals surface area contributed by atoms with Crippen molar-refractivity contribution in [3.05, 3.63) is 0 Å². The van der Waals surface area contributed by atoms with Gasteiger partial charge in [-0.3, -0.25) is 4.79 Å². The summed E-state index contributed by atoms with van der Waals surface area (Å²) in [6, 6.07) is -0.894. The van der Waals surface area contributed by atoms with E-state index >= 15 is 0 Å². The first kappa shape index (κ1) is 15.4. The first-order valence-electron chi connectivity index (χ1n) is 6.18. The predicted molar refractivity (Wildman–Crippen MR) is 66.8 cm³/mol. The van der Waals surface area contributed by atoms with Crippen molar-refractivity contribution >= 4 is 16.0 Å². The highest BCUT2D eigenvalue weighted by molar-refractivity contribution is 7.89. The number of aliphatic carboxylic acids is 1. The molecule has 2 atom stereocenters. The molecule has 0 aliphatic carbocycles. The molecule has 0 spiro atoms. The molecule has 0 aromatic carbocycles. The van der Waals surface area contributed by atoms with Crippen LogP contribution in [0, 0.1) is 5.92 Å². The van der Waals surface area contributed by atoms with Gasteiger partial charge in [0.2, 0.25) is 10.0 Å². The van der Waals surface area contributed by atoms with Crippen molar-refractivity contribution in [3.63, 3.8) is 0 Å². The van der Waals surface area contributed by atoms with E-state index < -0.39 is 22.0 Å². The van der Waals surface area contributed by atoms with Crippen molar-refractivity contribution in [2.24, 2.45) is 5.92 Å². The van der Waals surface area contributed by atoms with Gasteiger partial charge in [-0.25, -0.2) is 8.42 Å². The summed E-state index contributed by atoms with van der Waals surface area (Å²) in [7, 11) is -3.51. The Bertz CT molecular complexity index is 381. The smallest absolute Gasteiger partial charge is 0.322 e. The van der Waals surface area contributed by atoms with Gasteiger partial charge in [-0.1, -0.05) is 6.92 Å². The Morgan fingerprint density at radius 2 is 2.22 bits per heavy atom. The summed E-state index contributed by atoms with van der Waals surface area (Å²) in [6.45, 7) is 4.87. The standard InChI is InChI=1S/C11H21NO5S/c1-3-17-7-9(2)8-18(15,16)12-6-4-5-10(12)11(13)14/h9-10H,3-8H2,1-2H3,(H,13,14)/t9?,10-/m0/s1. The van der Waals surface area contributed by atoms with Crippen LogP contribution in [0.3, 0.4) is 0 Å². The van der Waals surface area contributed by atoms with Crippen molar-refractivity contribution in [3.8, 4) is 0 Å². The van der Waals surface area contributed by atoms with Gasteiger partial charge in [0.25, 0.3) is 0 Å². The van der Waals surface area contributed by atoms with Crippen LogP contribution in [0.25, 0.3) is 0 Å². The van der Waals surface area contributed by atoms with Crippen LogP contribution in [0.2, 0.25) is 0 Å². The maximum atomic E-state index is 12.1. The van der Waals surface area contributed by atoms with Crippen molar-refractivity contribution < 1.29 is 23.1 Å². The molecule has 1 aliphatic heterocycles. The maximum Gasteiger partial charge on any atom is 0.322 e. The van der Waals surface area contributed by atoms with E-state index in [-0.39, 0.29) is 11.7 Å². The highest BCUT2D eigenvalue weighted by atomic mass is 32.2. The molecule has 1 saturated heterocycles.